The van der Waals surface area contributed by atoms with Crippen LogP contribution in [-0.4, -0.2) is 50.6 Å². The van der Waals surface area contributed by atoms with Crippen LogP contribution >= 0.6 is 11.3 Å². The molecule has 1 N–H and O–H groups in total. The molecule has 2 rings (SSSR count). The third kappa shape index (κ3) is 5.56. The number of hydrogen-bond acceptors (Lipinski definition) is 5. The van der Waals surface area contributed by atoms with Gasteiger partial charge in [0.15, 0.2) is 0 Å². The molecule has 1 heterocycles. The topological polar surface area (TPSA) is 61.9 Å². The van der Waals surface area contributed by atoms with Crippen LogP contribution in [0.4, 0.5) is 11.4 Å². The Hall–Kier alpha value is -2.38. The Morgan fingerprint density at radius 3 is 2.57 bits per heavy atom. The minimum atomic E-state index is -0.209. The summed E-state index contributed by atoms with van der Waals surface area (Å²) in [6.45, 7) is 4.60. The van der Waals surface area contributed by atoms with Crippen LogP contribution in [0.25, 0.3) is 0 Å². The fraction of sp³-hybridized carbons (Fsp3) is 0.429. The molecule has 0 radical (unpaired) electrons. The zero-order valence-corrected chi connectivity index (χ0v) is 18.0. The van der Waals surface area contributed by atoms with Crippen LogP contribution in [0.5, 0.6) is 0 Å². The summed E-state index contributed by atoms with van der Waals surface area (Å²) in [6.07, 6.45) is 0.860. The predicted molar refractivity (Wildman–Crippen MR) is 115 cm³/mol. The van der Waals surface area contributed by atoms with E-state index in [0.717, 1.165) is 22.5 Å². The van der Waals surface area contributed by atoms with Crippen molar-refractivity contribution in [3.8, 4) is 0 Å². The molecular formula is C21H29N3O3S. The van der Waals surface area contributed by atoms with E-state index in [-0.39, 0.29) is 24.5 Å². The van der Waals surface area contributed by atoms with E-state index in [1.165, 1.54) is 18.4 Å². The summed E-state index contributed by atoms with van der Waals surface area (Å²) in [5.74, 6) is -0.178. The zero-order chi connectivity index (χ0) is 20.7. The number of nitrogens with one attached hydrogen (secondary N) is 1. The third-order valence-electron chi connectivity index (χ3n) is 4.58. The standard InChI is InChI=1S/C21H29N3O3S/c1-6-15(2)24(21(26)19-8-7-11-28-19)13-16-12-17(22-20(25)14-27-5)9-10-18(16)23(3)4/h7-12,15H,6,13-14H2,1-5H3,(H,22,25)/t15-/m1/s1. The number of anilines is 2. The van der Waals surface area contributed by atoms with E-state index in [1.807, 2.05) is 59.6 Å². The molecule has 1 aromatic heterocycles. The Balaban J connectivity index is 2.35. The maximum Gasteiger partial charge on any atom is 0.264 e. The van der Waals surface area contributed by atoms with E-state index in [9.17, 15) is 9.59 Å². The summed E-state index contributed by atoms with van der Waals surface area (Å²) in [5, 5.41) is 4.75. The number of rotatable bonds is 9. The monoisotopic (exact) mass is 403 g/mol. The molecule has 7 heteroatoms. The fourth-order valence-corrected chi connectivity index (χ4v) is 3.61. The first kappa shape index (κ1) is 21.9. The van der Waals surface area contributed by atoms with Crippen molar-refractivity contribution in [3.63, 3.8) is 0 Å². The molecule has 2 amide bonds. The molecule has 0 aliphatic carbocycles. The molecule has 0 spiro atoms. The Kier molecular flexibility index (Phi) is 8.02. The maximum absolute atomic E-state index is 13.1. The minimum absolute atomic E-state index is 0.000618. The highest BCUT2D eigenvalue weighted by Gasteiger charge is 2.23. The van der Waals surface area contributed by atoms with E-state index < -0.39 is 0 Å². The molecule has 0 bridgehead atoms. The molecular weight excluding hydrogens is 374 g/mol. The Labute approximate surface area is 171 Å². The Morgan fingerprint density at radius 1 is 1.25 bits per heavy atom. The third-order valence-corrected chi connectivity index (χ3v) is 5.43. The van der Waals surface area contributed by atoms with Crippen LogP contribution in [0.15, 0.2) is 35.7 Å². The lowest BCUT2D eigenvalue weighted by atomic mass is 10.1. The molecule has 28 heavy (non-hydrogen) atoms. The molecule has 2 aromatic rings. The molecule has 0 aliphatic heterocycles. The second kappa shape index (κ2) is 10.2. The van der Waals surface area contributed by atoms with Crippen molar-refractivity contribution >= 4 is 34.5 Å². The van der Waals surface area contributed by atoms with Crippen molar-refractivity contribution in [2.45, 2.75) is 32.9 Å². The lowest BCUT2D eigenvalue weighted by Crippen LogP contribution is -2.37. The normalized spacial score (nSPS) is 11.8. The molecule has 0 saturated carbocycles. The summed E-state index contributed by atoms with van der Waals surface area (Å²) in [6, 6.07) is 9.60. The van der Waals surface area contributed by atoms with Gasteiger partial charge in [-0.3, -0.25) is 9.59 Å². The van der Waals surface area contributed by atoms with Crippen LogP contribution < -0.4 is 10.2 Å². The largest absolute Gasteiger partial charge is 0.377 e. The first-order valence-corrected chi connectivity index (χ1v) is 10.2. The van der Waals surface area contributed by atoms with E-state index >= 15 is 0 Å². The second-order valence-electron chi connectivity index (χ2n) is 6.89. The highest BCUT2D eigenvalue weighted by atomic mass is 32.1. The number of ether oxygens (including phenoxy) is 1. The zero-order valence-electron chi connectivity index (χ0n) is 17.2. The van der Waals surface area contributed by atoms with Gasteiger partial charge in [0.25, 0.3) is 5.91 Å². The lowest BCUT2D eigenvalue weighted by Gasteiger charge is -2.30. The van der Waals surface area contributed by atoms with Crippen LogP contribution in [0.3, 0.4) is 0 Å². The molecule has 1 atom stereocenters. The molecule has 0 fully saturated rings. The quantitative estimate of drug-likeness (QED) is 0.691. The summed E-state index contributed by atoms with van der Waals surface area (Å²) in [7, 11) is 5.42. The van der Waals surface area contributed by atoms with Crippen molar-refractivity contribution in [2.24, 2.45) is 0 Å². The summed E-state index contributed by atoms with van der Waals surface area (Å²) >= 11 is 1.45. The van der Waals surface area contributed by atoms with Crippen LogP contribution in [-0.2, 0) is 16.1 Å². The Bertz CT molecular complexity index is 790. The van der Waals surface area contributed by atoms with Gasteiger partial charge < -0.3 is 19.9 Å². The molecule has 0 saturated heterocycles. The first-order chi connectivity index (χ1) is 13.4. The van der Waals surface area contributed by atoms with Gasteiger partial charge in [-0.15, -0.1) is 11.3 Å². The molecule has 6 nitrogen and oxygen atoms in total. The van der Waals surface area contributed by atoms with Gasteiger partial charge in [0, 0.05) is 45.2 Å². The van der Waals surface area contributed by atoms with Gasteiger partial charge in [-0.2, -0.15) is 0 Å². The number of amides is 2. The maximum atomic E-state index is 13.1. The summed E-state index contributed by atoms with van der Waals surface area (Å²) < 4.78 is 4.88. The van der Waals surface area contributed by atoms with E-state index in [2.05, 4.69) is 19.2 Å². The van der Waals surface area contributed by atoms with Crippen LogP contribution in [0.1, 0.15) is 35.5 Å². The van der Waals surface area contributed by atoms with E-state index in [4.69, 9.17) is 4.74 Å². The van der Waals surface area contributed by atoms with Crippen molar-refractivity contribution < 1.29 is 14.3 Å². The second-order valence-corrected chi connectivity index (χ2v) is 7.83. The van der Waals surface area contributed by atoms with Gasteiger partial charge in [-0.05, 0) is 48.6 Å². The van der Waals surface area contributed by atoms with E-state index in [0.29, 0.717) is 12.2 Å². The van der Waals surface area contributed by atoms with Crippen LogP contribution in [0, 0.1) is 0 Å². The lowest BCUT2D eigenvalue weighted by molar-refractivity contribution is -0.119. The van der Waals surface area contributed by atoms with Gasteiger partial charge in [-0.25, -0.2) is 0 Å². The van der Waals surface area contributed by atoms with Gasteiger partial charge in [-0.1, -0.05) is 13.0 Å². The number of methoxy groups -OCH3 is 1. The fourth-order valence-electron chi connectivity index (χ4n) is 2.93. The molecule has 0 unspecified atom stereocenters. The molecule has 1 aromatic carbocycles. The minimum Gasteiger partial charge on any atom is -0.377 e. The van der Waals surface area contributed by atoms with Crippen molar-refractivity contribution in [1.29, 1.82) is 0 Å². The predicted octanol–water partition coefficient (Wildman–Crippen LogP) is 3.84. The van der Waals surface area contributed by atoms with Crippen molar-refractivity contribution in [3.05, 3.63) is 46.2 Å². The first-order valence-electron chi connectivity index (χ1n) is 9.30. The number of nitrogens with zero attached hydrogens (tertiary/aromatic N) is 2. The average Bonchev–Trinajstić information content (AvgIpc) is 3.19. The van der Waals surface area contributed by atoms with Crippen molar-refractivity contribution in [1.82, 2.24) is 4.90 Å². The van der Waals surface area contributed by atoms with Gasteiger partial charge in [0.1, 0.15) is 6.61 Å². The highest BCUT2D eigenvalue weighted by Crippen LogP contribution is 2.27. The number of hydrogen-bond donors (Lipinski definition) is 1. The smallest absolute Gasteiger partial charge is 0.264 e. The SMILES string of the molecule is CC[C@@H](C)N(Cc1cc(NC(=O)COC)ccc1N(C)C)C(=O)c1cccs1. The number of carbonyl (C=O) groups is 2. The number of carbonyl (C=O) groups excluding carboxylic acids is 2. The van der Waals surface area contributed by atoms with E-state index in [1.54, 1.807) is 0 Å². The molecule has 152 valence electrons. The van der Waals surface area contributed by atoms with Gasteiger partial charge >= 0.3 is 0 Å². The summed E-state index contributed by atoms with van der Waals surface area (Å²) in [5.41, 5.74) is 2.68. The summed E-state index contributed by atoms with van der Waals surface area (Å²) in [4.78, 5) is 29.6. The number of benzene rings is 1. The van der Waals surface area contributed by atoms with Gasteiger partial charge in [0.2, 0.25) is 5.91 Å². The number of thiophene rings is 1. The van der Waals surface area contributed by atoms with Gasteiger partial charge in [0.05, 0.1) is 4.88 Å². The van der Waals surface area contributed by atoms with Crippen LogP contribution in [0.2, 0.25) is 0 Å². The Morgan fingerprint density at radius 2 is 2.00 bits per heavy atom. The highest BCUT2D eigenvalue weighted by molar-refractivity contribution is 7.12. The van der Waals surface area contributed by atoms with Crippen molar-refractivity contribution in [2.75, 3.05) is 38.0 Å². The average molecular weight is 404 g/mol. The molecule has 0 aliphatic rings.